The quantitative estimate of drug-likeness (QED) is 0.457. The van der Waals surface area contributed by atoms with Gasteiger partial charge < -0.3 is 8.92 Å². The fourth-order valence-corrected chi connectivity index (χ4v) is 2.44. The van der Waals surface area contributed by atoms with Crippen LogP contribution in [0.2, 0.25) is 0 Å². The van der Waals surface area contributed by atoms with Crippen molar-refractivity contribution < 1.29 is 35.3 Å². The Kier molecular flexibility index (Phi) is 5.33. The van der Waals surface area contributed by atoms with Crippen LogP contribution < -0.4 is 0 Å². The predicted octanol–water partition coefficient (Wildman–Crippen LogP) is 3.16. The van der Waals surface area contributed by atoms with Gasteiger partial charge in [-0.15, -0.1) is 0 Å². The van der Waals surface area contributed by atoms with Crippen molar-refractivity contribution in [3.8, 4) is 0 Å². The van der Waals surface area contributed by atoms with Crippen molar-refractivity contribution >= 4 is 22.2 Å². The minimum absolute atomic E-state index is 0.202. The van der Waals surface area contributed by atoms with E-state index in [0.29, 0.717) is 6.08 Å². The Hall–Kier alpha value is -2.29. The molecule has 0 fully saturated rings. The third-order valence-electron chi connectivity index (χ3n) is 3.00. The zero-order valence-electron chi connectivity index (χ0n) is 12.2. The third-order valence-corrected chi connectivity index (χ3v) is 4.00. The Morgan fingerprint density at radius 3 is 2.54 bits per heavy atom. The molecule has 0 bridgehead atoms. The molecule has 0 amide bonds. The van der Waals surface area contributed by atoms with E-state index in [9.17, 15) is 26.4 Å². The van der Waals surface area contributed by atoms with Gasteiger partial charge in [-0.25, -0.2) is 4.79 Å². The average molecular weight is 362 g/mol. The number of carbonyl (C=O) groups excluding carboxylic acids is 1. The van der Waals surface area contributed by atoms with E-state index in [1.54, 1.807) is 12.2 Å². The molecule has 0 radical (unpaired) electrons. The molecule has 24 heavy (non-hydrogen) atoms. The van der Waals surface area contributed by atoms with Crippen LogP contribution in [0.5, 0.6) is 0 Å². The molecule has 0 saturated carbocycles. The lowest BCUT2D eigenvalue weighted by Gasteiger charge is -2.22. The van der Waals surface area contributed by atoms with Crippen molar-refractivity contribution in [2.24, 2.45) is 0 Å². The number of esters is 1. The number of halogens is 3. The van der Waals surface area contributed by atoms with Crippen molar-refractivity contribution in [1.82, 2.24) is 0 Å². The summed E-state index contributed by atoms with van der Waals surface area (Å²) in [5.74, 6) is -1.55. The minimum Gasteiger partial charge on any atom is -0.458 e. The van der Waals surface area contributed by atoms with Crippen molar-refractivity contribution in [2.75, 3.05) is 0 Å². The smallest absolute Gasteiger partial charge is 0.458 e. The second kappa shape index (κ2) is 7.08. The number of hydrogen-bond donors (Lipinski definition) is 0. The van der Waals surface area contributed by atoms with Crippen molar-refractivity contribution in [3.63, 3.8) is 0 Å². The standard InChI is InChI=1S/C15H13F3O5S/c16-15(17,18)24(20,21)23-13-9-12(22-14(19)10-13)8-4-7-11-5-2-1-3-6-11/h1-7,10,12H,8-9H2/b7-4+. The zero-order chi connectivity index (χ0) is 17.8. The maximum atomic E-state index is 12.3. The number of cyclic esters (lactones) is 1. The van der Waals surface area contributed by atoms with Gasteiger partial charge in [0.1, 0.15) is 11.9 Å². The van der Waals surface area contributed by atoms with E-state index in [1.807, 2.05) is 30.3 Å². The highest BCUT2D eigenvalue weighted by Crippen LogP contribution is 2.29. The highest BCUT2D eigenvalue weighted by molar-refractivity contribution is 7.87. The van der Waals surface area contributed by atoms with Gasteiger partial charge >= 0.3 is 21.6 Å². The first-order valence-corrected chi connectivity index (χ1v) is 8.22. The minimum atomic E-state index is -5.80. The zero-order valence-corrected chi connectivity index (χ0v) is 13.0. The summed E-state index contributed by atoms with van der Waals surface area (Å²) in [5, 5.41) is 0. The molecule has 1 unspecified atom stereocenters. The number of carbonyl (C=O) groups is 1. The maximum absolute atomic E-state index is 12.3. The molecule has 0 saturated heterocycles. The molecule has 0 N–H and O–H groups in total. The van der Waals surface area contributed by atoms with Crippen molar-refractivity contribution in [3.05, 3.63) is 53.8 Å². The number of alkyl halides is 3. The fraction of sp³-hybridized carbons (Fsp3) is 0.267. The van der Waals surface area contributed by atoms with E-state index in [1.165, 1.54) is 0 Å². The maximum Gasteiger partial charge on any atom is 0.534 e. The monoisotopic (exact) mass is 362 g/mol. The molecule has 0 aliphatic carbocycles. The molecule has 9 heteroatoms. The summed E-state index contributed by atoms with van der Waals surface area (Å²) in [4.78, 5) is 11.4. The van der Waals surface area contributed by atoms with Crippen LogP contribution in [0.15, 0.2) is 48.2 Å². The average Bonchev–Trinajstić information content (AvgIpc) is 2.46. The molecule has 1 aliphatic rings. The van der Waals surface area contributed by atoms with Crippen LogP contribution in [0.25, 0.3) is 6.08 Å². The summed E-state index contributed by atoms with van der Waals surface area (Å²) in [5.41, 5.74) is -4.66. The van der Waals surface area contributed by atoms with Gasteiger partial charge in [0.15, 0.2) is 0 Å². The molecule has 2 rings (SSSR count). The van der Waals surface area contributed by atoms with Crippen molar-refractivity contribution in [1.29, 1.82) is 0 Å². The van der Waals surface area contributed by atoms with Crippen molar-refractivity contribution in [2.45, 2.75) is 24.5 Å². The van der Waals surface area contributed by atoms with Crippen LogP contribution in [0.3, 0.4) is 0 Å². The molecule has 1 atom stereocenters. The van der Waals surface area contributed by atoms with Gasteiger partial charge in [-0.3, -0.25) is 0 Å². The number of ether oxygens (including phenoxy) is 1. The van der Waals surface area contributed by atoms with E-state index in [0.717, 1.165) is 5.56 Å². The van der Waals surface area contributed by atoms with Gasteiger partial charge in [-0.05, 0) is 5.56 Å². The van der Waals surface area contributed by atoms with Crippen LogP contribution in [0.1, 0.15) is 18.4 Å². The van der Waals surface area contributed by atoms with Crippen LogP contribution >= 0.6 is 0 Å². The van der Waals surface area contributed by atoms with E-state index >= 15 is 0 Å². The van der Waals surface area contributed by atoms with Gasteiger partial charge in [0, 0.05) is 12.8 Å². The van der Waals surface area contributed by atoms with Gasteiger partial charge in [0.05, 0.1) is 6.08 Å². The lowest BCUT2D eigenvalue weighted by molar-refractivity contribution is -0.144. The number of rotatable bonds is 5. The molecule has 0 aromatic heterocycles. The summed E-state index contributed by atoms with van der Waals surface area (Å²) < 4.78 is 67.8. The van der Waals surface area contributed by atoms with E-state index in [-0.39, 0.29) is 12.8 Å². The van der Waals surface area contributed by atoms with Gasteiger partial charge in [-0.1, -0.05) is 42.5 Å². The summed E-state index contributed by atoms with van der Waals surface area (Å²) in [7, 11) is -5.80. The number of benzene rings is 1. The normalized spacial score (nSPS) is 19.0. The SMILES string of the molecule is O=C1C=C(OS(=O)(=O)C(F)(F)F)CC(C/C=C/c2ccccc2)O1. The third kappa shape index (κ3) is 4.85. The highest BCUT2D eigenvalue weighted by atomic mass is 32.2. The summed E-state index contributed by atoms with van der Waals surface area (Å²) >= 11 is 0. The first kappa shape index (κ1) is 18.1. The molecule has 1 heterocycles. The highest BCUT2D eigenvalue weighted by Gasteiger charge is 2.49. The molecule has 1 aromatic carbocycles. The Morgan fingerprint density at radius 1 is 1.25 bits per heavy atom. The molecule has 1 aliphatic heterocycles. The summed E-state index contributed by atoms with van der Waals surface area (Å²) in [6, 6.07) is 9.19. The first-order chi connectivity index (χ1) is 11.2. The molecular formula is C15H13F3O5S. The van der Waals surface area contributed by atoms with Crippen LogP contribution in [0.4, 0.5) is 13.2 Å². The molecule has 1 aromatic rings. The first-order valence-electron chi connectivity index (χ1n) is 6.81. The second-order valence-electron chi connectivity index (χ2n) is 4.91. The topological polar surface area (TPSA) is 69.7 Å². The Labute approximate surface area is 136 Å². The lowest BCUT2D eigenvalue weighted by Crippen LogP contribution is -2.29. The largest absolute Gasteiger partial charge is 0.534 e. The van der Waals surface area contributed by atoms with Crippen LogP contribution in [-0.4, -0.2) is 26.0 Å². The lowest BCUT2D eigenvalue weighted by atomic mass is 10.1. The fourth-order valence-electron chi connectivity index (χ4n) is 1.95. The molecule has 130 valence electrons. The number of hydrogen-bond acceptors (Lipinski definition) is 5. The molecular weight excluding hydrogens is 349 g/mol. The van der Waals surface area contributed by atoms with Gasteiger partial charge in [-0.2, -0.15) is 21.6 Å². The van der Waals surface area contributed by atoms with Gasteiger partial charge in [0.2, 0.25) is 0 Å². The molecule has 5 nitrogen and oxygen atoms in total. The summed E-state index contributed by atoms with van der Waals surface area (Å²) in [6.45, 7) is 0. The predicted molar refractivity (Wildman–Crippen MR) is 78.7 cm³/mol. The van der Waals surface area contributed by atoms with E-state index < -0.39 is 33.5 Å². The van der Waals surface area contributed by atoms with E-state index in [4.69, 9.17) is 4.74 Å². The van der Waals surface area contributed by atoms with Crippen LogP contribution in [0, 0.1) is 0 Å². The molecule has 0 spiro atoms. The Bertz CT molecular complexity index is 751. The van der Waals surface area contributed by atoms with E-state index in [2.05, 4.69) is 4.18 Å². The van der Waals surface area contributed by atoms with Gasteiger partial charge in [0.25, 0.3) is 0 Å². The van der Waals surface area contributed by atoms with Crippen LogP contribution in [-0.2, 0) is 23.8 Å². The Balaban J connectivity index is 2.00. The second-order valence-corrected chi connectivity index (χ2v) is 6.44. The summed E-state index contributed by atoms with van der Waals surface area (Å²) in [6.07, 6.45) is 3.16. The Morgan fingerprint density at radius 2 is 1.92 bits per heavy atom.